The van der Waals surface area contributed by atoms with Crippen LogP contribution >= 0.6 is 0 Å². The molecule has 0 aromatic heterocycles. The summed E-state index contributed by atoms with van der Waals surface area (Å²) in [5, 5.41) is 11.7. The molecule has 0 aromatic carbocycles. The van der Waals surface area contributed by atoms with Crippen LogP contribution in [0.25, 0.3) is 0 Å². The normalized spacial score (nSPS) is 28.1. The SMILES string of the molecule is CC1CCCC(NC(=O)CN(C)CC(=O)O)C1C. The average Bonchev–Trinajstić information content (AvgIpc) is 2.23. The fraction of sp³-hybridized carbons (Fsp3) is 0.846. The summed E-state index contributed by atoms with van der Waals surface area (Å²) in [5.41, 5.74) is 0. The lowest BCUT2D eigenvalue weighted by Gasteiger charge is -2.34. The fourth-order valence-electron chi connectivity index (χ4n) is 2.57. The van der Waals surface area contributed by atoms with Crippen LogP contribution in [0.1, 0.15) is 33.1 Å². The molecule has 0 radical (unpaired) electrons. The van der Waals surface area contributed by atoms with E-state index in [0.29, 0.717) is 11.8 Å². The molecule has 18 heavy (non-hydrogen) atoms. The molecule has 0 spiro atoms. The molecule has 0 aromatic rings. The minimum absolute atomic E-state index is 0.0790. The lowest BCUT2D eigenvalue weighted by atomic mass is 9.78. The largest absolute Gasteiger partial charge is 0.480 e. The molecular weight excluding hydrogens is 232 g/mol. The van der Waals surface area contributed by atoms with Crippen molar-refractivity contribution in [3.63, 3.8) is 0 Å². The number of carboxylic acid groups (broad SMARTS) is 1. The Labute approximate surface area is 109 Å². The van der Waals surface area contributed by atoms with Crippen LogP contribution in [0.3, 0.4) is 0 Å². The van der Waals surface area contributed by atoms with Crippen molar-refractivity contribution in [2.24, 2.45) is 11.8 Å². The molecule has 1 aliphatic carbocycles. The Hall–Kier alpha value is -1.10. The van der Waals surface area contributed by atoms with E-state index in [0.717, 1.165) is 12.8 Å². The van der Waals surface area contributed by atoms with Crippen LogP contribution in [0.15, 0.2) is 0 Å². The van der Waals surface area contributed by atoms with Gasteiger partial charge in [0.2, 0.25) is 5.91 Å². The molecule has 5 nitrogen and oxygen atoms in total. The van der Waals surface area contributed by atoms with Gasteiger partial charge in [0.05, 0.1) is 13.1 Å². The van der Waals surface area contributed by atoms with Crippen molar-refractivity contribution < 1.29 is 14.7 Å². The first-order valence-electron chi connectivity index (χ1n) is 6.60. The van der Waals surface area contributed by atoms with Gasteiger partial charge in [0.25, 0.3) is 0 Å². The fourth-order valence-corrected chi connectivity index (χ4v) is 2.57. The number of hydrogen-bond acceptors (Lipinski definition) is 3. The molecule has 2 N–H and O–H groups in total. The first-order valence-corrected chi connectivity index (χ1v) is 6.60. The van der Waals surface area contributed by atoms with E-state index in [4.69, 9.17) is 5.11 Å². The number of nitrogens with one attached hydrogen (secondary N) is 1. The highest BCUT2D eigenvalue weighted by Crippen LogP contribution is 2.29. The molecule has 1 fully saturated rings. The molecule has 1 amide bonds. The van der Waals surface area contributed by atoms with Gasteiger partial charge in [0.15, 0.2) is 0 Å². The molecule has 0 heterocycles. The number of hydrogen-bond donors (Lipinski definition) is 2. The number of carbonyl (C=O) groups excluding carboxylic acids is 1. The van der Waals surface area contributed by atoms with E-state index in [2.05, 4.69) is 19.2 Å². The summed E-state index contributed by atoms with van der Waals surface area (Å²) in [4.78, 5) is 23.8. The first kappa shape index (κ1) is 15.0. The second-order valence-corrected chi connectivity index (χ2v) is 5.51. The molecule has 5 heteroatoms. The van der Waals surface area contributed by atoms with Crippen molar-refractivity contribution >= 4 is 11.9 Å². The van der Waals surface area contributed by atoms with Gasteiger partial charge in [-0.25, -0.2) is 0 Å². The number of aliphatic carboxylic acids is 1. The van der Waals surface area contributed by atoms with E-state index in [1.807, 2.05) is 0 Å². The van der Waals surface area contributed by atoms with Gasteiger partial charge in [0, 0.05) is 6.04 Å². The maximum Gasteiger partial charge on any atom is 0.317 e. The third-order valence-electron chi connectivity index (χ3n) is 3.87. The Balaban J connectivity index is 2.37. The summed E-state index contributed by atoms with van der Waals surface area (Å²) >= 11 is 0. The van der Waals surface area contributed by atoms with Gasteiger partial charge in [0.1, 0.15) is 0 Å². The topological polar surface area (TPSA) is 69.6 Å². The Morgan fingerprint density at radius 2 is 1.94 bits per heavy atom. The highest BCUT2D eigenvalue weighted by Gasteiger charge is 2.28. The third kappa shape index (κ3) is 4.64. The summed E-state index contributed by atoms with van der Waals surface area (Å²) < 4.78 is 0. The zero-order valence-electron chi connectivity index (χ0n) is 11.5. The third-order valence-corrected chi connectivity index (χ3v) is 3.87. The smallest absolute Gasteiger partial charge is 0.317 e. The van der Waals surface area contributed by atoms with Gasteiger partial charge in [-0.15, -0.1) is 0 Å². The summed E-state index contributed by atoms with van der Waals surface area (Å²) in [5.74, 6) is 0.142. The van der Waals surface area contributed by atoms with Gasteiger partial charge >= 0.3 is 5.97 Å². The van der Waals surface area contributed by atoms with Crippen LogP contribution in [0, 0.1) is 11.8 Å². The maximum absolute atomic E-state index is 11.8. The summed E-state index contributed by atoms with van der Waals surface area (Å²) in [6.07, 6.45) is 3.41. The Bertz CT molecular complexity index is 307. The monoisotopic (exact) mass is 256 g/mol. The van der Waals surface area contributed by atoms with Crippen molar-refractivity contribution in [3.05, 3.63) is 0 Å². The number of rotatable bonds is 5. The lowest BCUT2D eigenvalue weighted by Crippen LogP contribution is -2.47. The van der Waals surface area contributed by atoms with Crippen LogP contribution in [-0.2, 0) is 9.59 Å². The summed E-state index contributed by atoms with van der Waals surface area (Å²) in [7, 11) is 1.64. The number of carbonyl (C=O) groups is 2. The Kier molecular flexibility index (Phi) is 5.59. The average molecular weight is 256 g/mol. The molecule has 3 atom stereocenters. The highest BCUT2D eigenvalue weighted by molar-refractivity contribution is 5.79. The zero-order valence-corrected chi connectivity index (χ0v) is 11.5. The van der Waals surface area contributed by atoms with Crippen molar-refractivity contribution in [1.29, 1.82) is 0 Å². The molecule has 1 aliphatic rings. The van der Waals surface area contributed by atoms with Crippen LogP contribution in [0.5, 0.6) is 0 Å². The molecule has 1 rings (SSSR count). The quantitative estimate of drug-likeness (QED) is 0.768. The van der Waals surface area contributed by atoms with Gasteiger partial charge in [-0.05, 0) is 25.3 Å². The van der Waals surface area contributed by atoms with Crippen molar-refractivity contribution in [2.75, 3.05) is 20.1 Å². The first-order chi connectivity index (χ1) is 8.40. The van der Waals surface area contributed by atoms with E-state index in [1.165, 1.54) is 11.3 Å². The predicted octanol–water partition coefficient (Wildman–Crippen LogP) is 0.944. The van der Waals surface area contributed by atoms with Gasteiger partial charge < -0.3 is 10.4 Å². The van der Waals surface area contributed by atoms with Crippen LogP contribution in [0.2, 0.25) is 0 Å². The van der Waals surface area contributed by atoms with E-state index < -0.39 is 5.97 Å². The van der Waals surface area contributed by atoms with E-state index in [1.54, 1.807) is 7.05 Å². The molecule has 1 saturated carbocycles. The number of amides is 1. The molecule has 0 aliphatic heterocycles. The summed E-state index contributed by atoms with van der Waals surface area (Å²) in [6, 6.07) is 0.236. The van der Waals surface area contributed by atoms with Crippen LogP contribution < -0.4 is 5.32 Å². The standard InChI is InChI=1S/C13H24N2O3/c1-9-5-4-6-11(10(9)2)14-12(16)7-15(3)8-13(17)18/h9-11H,4-8H2,1-3H3,(H,14,16)(H,17,18). The number of likely N-dealkylation sites (N-methyl/N-ethyl adjacent to an activating group) is 1. The van der Waals surface area contributed by atoms with Crippen molar-refractivity contribution in [3.8, 4) is 0 Å². The molecule has 0 saturated heterocycles. The van der Waals surface area contributed by atoms with Gasteiger partial charge in [-0.3, -0.25) is 14.5 Å². The molecule has 104 valence electrons. The second-order valence-electron chi connectivity index (χ2n) is 5.51. The van der Waals surface area contributed by atoms with Crippen molar-refractivity contribution in [2.45, 2.75) is 39.2 Å². The second kappa shape index (κ2) is 6.73. The minimum atomic E-state index is -0.912. The van der Waals surface area contributed by atoms with Gasteiger partial charge in [-0.1, -0.05) is 26.7 Å². The minimum Gasteiger partial charge on any atom is -0.480 e. The van der Waals surface area contributed by atoms with Crippen molar-refractivity contribution in [1.82, 2.24) is 10.2 Å². The van der Waals surface area contributed by atoms with Crippen LogP contribution in [-0.4, -0.2) is 48.1 Å². The molecule has 0 bridgehead atoms. The van der Waals surface area contributed by atoms with E-state index in [-0.39, 0.29) is 25.0 Å². The lowest BCUT2D eigenvalue weighted by molar-refractivity contribution is -0.138. The molecular formula is C13H24N2O3. The maximum atomic E-state index is 11.8. The molecule has 3 unspecified atom stereocenters. The Morgan fingerprint density at radius 1 is 1.28 bits per heavy atom. The number of nitrogens with zero attached hydrogens (tertiary/aromatic N) is 1. The van der Waals surface area contributed by atoms with E-state index in [9.17, 15) is 9.59 Å². The van der Waals surface area contributed by atoms with Gasteiger partial charge in [-0.2, -0.15) is 0 Å². The number of carboxylic acids is 1. The summed E-state index contributed by atoms with van der Waals surface area (Å²) in [6.45, 7) is 4.43. The Morgan fingerprint density at radius 3 is 2.56 bits per heavy atom. The zero-order chi connectivity index (χ0) is 13.7. The van der Waals surface area contributed by atoms with Crippen LogP contribution in [0.4, 0.5) is 0 Å². The highest BCUT2D eigenvalue weighted by atomic mass is 16.4. The predicted molar refractivity (Wildman–Crippen MR) is 69.2 cm³/mol. The van der Waals surface area contributed by atoms with E-state index >= 15 is 0 Å².